The third-order valence-electron chi connectivity index (χ3n) is 1.71. The van der Waals surface area contributed by atoms with Crippen molar-refractivity contribution in [2.24, 2.45) is 10.7 Å². The van der Waals surface area contributed by atoms with E-state index in [1.807, 2.05) is 6.92 Å². The maximum absolute atomic E-state index is 5.61. The number of aliphatic imine (C=N–C) groups is 1. The Hall–Kier alpha value is -1.03. The molecule has 0 aromatic carbocycles. The van der Waals surface area contributed by atoms with E-state index in [4.69, 9.17) is 10.5 Å². The molecule has 0 aromatic heterocycles. The van der Waals surface area contributed by atoms with Crippen molar-refractivity contribution in [3.8, 4) is 0 Å². The molecule has 0 heterocycles. The van der Waals surface area contributed by atoms with Crippen molar-refractivity contribution < 1.29 is 4.74 Å². The molecule has 0 aliphatic heterocycles. The number of rotatable bonds is 8. The predicted octanol–water partition coefficient (Wildman–Crippen LogP) is 1.28. The molecule has 0 bridgehead atoms. The van der Waals surface area contributed by atoms with Gasteiger partial charge in [0.05, 0.1) is 13.2 Å². The molecule has 4 heteroatoms. The van der Waals surface area contributed by atoms with Crippen LogP contribution in [0.25, 0.3) is 0 Å². The standard InChI is InChI=1S/C11H23N3O/c1-4-5-7-15-8-6-13-11(12)14-9-10(2)3/h2,4-9H2,1,3H3,(H3,12,13,14). The SMILES string of the molecule is C=C(C)CN=C(N)NCCOCCCC. The molecule has 0 spiro atoms. The summed E-state index contributed by atoms with van der Waals surface area (Å²) in [7, 11) is 0. The zero-order chi connectivity index (χ0) is 11.5. The highest BCUT2D eigenvalue weighted by Crippen LogP contribution is 1.87. The van der Waals surface area contributed by atoms with Crippen LogP contribution in [0.3, 0.4) is 0 Å². The minimum Gasteiger partial charge on any atom is -0.380 e. The third kappa shape index (κ3) is 10.9. The van der Waals surface area contributed by atoms with Gasteiger partial charge in [-0.15, -0.1) is 0 Å². The predicted molar refractivity (Wildman–Crippen MR) is 65.0 cm³/mol. The second kappa shape index (κ2) is 9.52. The lowest BCUT2D eigenvalue weighted by Gasteiger charge is -2.06. The van der Waals surface area contributed by atoms with Gasteiger partial charge in [-0.05, 0) is 13.3 Å². The minimum atomic E-state index is 0.456. The summed E-state index contributed by atoms with van der Waals surface area (Å²) in [6.45, 7) is 10.6. The molecule has 0 aromatic rings. The molecule has 88 valence electrons. The molecular weight excluding hydrogens is 190 g/mol. The first-order chi connectivity index (χ1) is 7.16. The van der Waals surface area contributed by atoms with E-state index in [9.17, 15) is 0 Å². The fourth-order valence-electron chi connectivity index (χ4n) is 0.876. The molecule has 0 saturated carbocycles. The van der Waals surface area contributed by atoms with Crippen molar-refractivity contribution in [2.45, 2.75) is 26.7 Å². The Morgan fingerprint density at radius 3 is 2.80 bits per heavy atom. The highest BCUT2D eigenvalue weighted by Gasteiger charge is 1.91. The van der Waals surface area contributed by atoms with Crippen molar-refractivity contribution in [1.82, 2.24) is 5.32 Å². The summed E-state index contributed by atoms with van der Waals surface area (Å²) in [5, 5.41) is 2.98. The summed E-state index contributed by atoms with van der Waals surface area (Å²) in [4.78, 5) is 4.09. The molecule has 3 N–H and O–H groups in total. The Balaban J connectivity index is 3.34. The van der Waals surface area contributed by atoms with E-state index in [0.29, 0.717) is 25.7 Å². The van der Waals surface area contributed by atoms with E-state index >= 15 is 0 Å². The number of nitrogens with two attached hydrogens (primary N) is 1. The molecule has 0 unspecified atom stereocenters. The second-order valence-electron chi connectivity index (χ2n) is 3.55. The molecule has 0 aliphatic rings. The topological polar surface area (TPSA) is 59.6 Å². The van der Waals surface area contributed by atoms with Gasteiger partial charge in [-0.2, -0.15) is 0 Å². The first-order valence-electron chi connectivity index (χ1n) is 5.42. The summed E-state index contributed by atoms with van der Waals surface area (Å²) in [6, 6.07) is 0. The van der Waals surface area contributed by atoms with Crippen LogP contribution in [0.5, 0.6) is 0 Å². The van der Waals surface area contributed by atoms with Crippen molar-refractivity contribution in [3.05, 3.63) is 12.2 Å². The first kappa shape index (κ1) is 14.0. The largest absolute Gasteiger partial charge is 0.380 e. The van der Waals surface area contributed by atoms with E-state index < -0.39 is 0 Å². The summed E-state index contributed by atoms with van der Waals surface area (Å²) >= 11 is 0. The van der Waals surface area contributed by atoms with E-state index in [1.54, 1.807) is 0 Å². The minimum absolute atomic E-state index is 0.456. The molecule has 0 atom stereocenters. The molecule has 0 radical (unpaired) electrons. The Bertz CT molecular complexity index is 202. The van der Waals surface area contributed by atoms with Gasteiger partial charge < -0.3 is 15.8 Å². The van der Waals surface area contributed by atoms with Gasteiger partial charge in [0.2, 0.25) is 0 Å². The molecule has 4 nitrogen and oxygen atoms in total. The first-order valence-corrected chi connectivity index (χ1v) is 5.42. The van der Waals surface area contributed by atoms with Crippen LogP contribution >= 0.6 is 0 Å². The third-order valence-corrected chi connectivity index (χ3v) is 1.71. The van der Waals surface area contributed by atoms with E-state index in [0.717, 1.165) is 25.0 Å². The molecule has 0 fully saturated rings. The van der Waals surface area contributed by atoms with Crippen LogP contribution in [0.4, 0.5) is 0 Å². The average Bonchev–Trinajstić information content (AvgIpc) is 2.20. The number of ether oxygens (including phenoxy) is 1. The van der Waals surface area contributed by atoms with Gasteiger partial charge >= 0.3 is 0 Å². The molecule has 0 rings (SSSR count). The van der Waals surface area contributed by atoms with Crippen molar-refractivity contribution in [1.29, 1.82) is 0 Å². The number of hydrogen-bond acceptors (Lipinski definition) is 2. The van der Waals surface area contributed by atoms with Gasteiger partial charge in [0.1, 0.15) is 0 Å². The zero-order valence-corrected chi connectivity index (χ0v) is 9.88. The maximum Gasteiger partial charge on any atom is 0.188 e. The lowest BCUT2D eigenvalue weighted by atomic mass is 10.4. The Labute approximate surface area is 92.6 Å². The van der Waals surface area contributed by atoms with E-state index in [2.05, 4.69) is 23.8 Å². The average molecular weight is 213 g/mol. The zero-order valence-electron chi connectivity index (χ0n) is 9.88. The molecule has 15 heavy (non-hydrogen) atoms. The highest BCUT2D eigenvalue weighted by atomic mass is 16.5. The number of nitrogens with zero attached hydrogens (tertiary/aromatic N) is 1. The lowest BCUT2D eigenvalue weighted by molar-refractivity contribution is 0.136. The Morgan fingerprint density at radius 2 is 2.20 bits per heavy atom. The summed E-state index contributed by atoms with van der Waals surface area (Å²) in [5.41, 5.74) is 6.60. The summed E-state index contributed by atoms with van der Waals surface area (Å²) < 4.78 is 5.36. The lowest BCUT2D eigenvalue weighted by Crippen LogP contribution is -2.34. The second-order valence-corrected chi connectivity index (χ2v) is 3.55. The van der Waals surface area contributed by atoms with Crippen LogP contribution in [-0.2, 0) is 4.74 Å². The fraction of sp³-hybridized carbons (Fsp3) is 0.727. The normalized spacial score (nSPS) is 11.5. The van der Waals surface area contributed by atoms with Crippen LogP contribution in [0.1, 0.15) is 26.7 Å². The molecular formula is C11H23N3O. The van der Waals surface area contributed by atoms with Gasteiger partial charge in [-0.1, -0.05) is 25.5 Å². The van der Waals surface area contributed by atoms with Crippen molar-refractivity contribution in [2.75, 3.05) is 26.3 Å². The smallest absolute Gasteiger partial charge is 0.188 e. The Morgan fingerprint density at radius 1 is 1.47 bits per heavy atom. The summed E-state index contributed by atoms with van der Waals surface area (Å²) in [6.07, 6.45) is 2.27. The van der Waals surface area contributed by atoms with Gasteiger partial charge in [-0.25, -0.2) is 4.99 Å². The number of guanidine groups is 1. The van der Waals surface area contributed by atoms with Crippen LogP contribution < -0.4 is 11.1 Å². The molecule has 0 amide bonds. The van der Waals surface area contributed by atoms with Gasteiger partial charge in [0, 0.05) is 13.2 Å². The van der Waals surface area contributed by atoms with E-state index in [1.165, 1.54) is 0 Å². The number of unbranched alkanes of at least 4 members (excludes halogenated alkanes) is 1. The molecule has 0 aliphatic carbocycles. The van der Waals surface area contributed by atoms with Gasteiger partial charge in [0.15, 0.2) is 5.96 Å². The maximum atomic E-state index is 5.61. The summed E-state index contributed by atoms with van der Waals surface area (Å²) in [5.74, 6) is 0.456. The quantitative estimate of drug-likeness (QED) is 0.276. The van der Waals surface area contributed by atoms with Crippen LogP contribution in [-0.4, -0.2) is 32.3 Å². The van der Waals surface area contributed by atoms with Crippen LogP contribution in [0, 0.1) is 0 Å². The van der Waals surface area contributed by atoms with Crippen LogP contribution in [0.15, 0.2) is 17.1 Å². The van der Waals surface area contributed by atoms with Crippen molar-refractivity contribution >= 4 is 5.96 Å². The highest BCUT2D eigenvalue weighted by molar-refractivity contribution is 5.77. The van der Waals surface area contributed by atoms with Crippen LogP contribution in [0.2, 0.25) is 0 Å². The fourth-order valence-corrected chi connectivity index (χ4v) is 0.876. The monoisotopic (exact) mass is 213 g/mol. The number of nitrogens with one attached hydrogen (secondary N) is 1. The Kier molecular flexibility index (Phi) is 8.87. The molecule has 0 saturated heterocycles. The van der Waals surface area contributed by atoms with Crippen molar-refractivity contribution in [3.63, 3.8) is 0 Å². The van der Waals surface area contributed by atoms with E-state index in [-0.39, 0.29) is 0 Å². The van der Waals surface area contributed by atoms with Gasteiger partial charge in [0.25, 0.3) is 0 Å². The number of hydrogen-bond donors (Lipinski definition) is 2. The van der Waals surface area contributed by atoms with Gasteiger partial charge in [-0.3, -0.25) is 0 Å².